The van der Waals surface area contributed by atoms with Crippen molar-refractivity contribution in [2.75, 3.05) is 31.9 Å². The van der Waals surface area contributed by atoms with Gasteiger partial charge in [0.2, 0.25) is 10.0 Å². The predicted molar refractivity (Wildman–Crippen MR) is 135 cm³/mol. The molecule has 0 spiro atoms. The molecule has 1 aliphatic rings. The molecule has 0 aliphatic heterocycles. The van der Waals surface area contributed by atoms with E-state index in [4.69, 9.17) is 0 Å². The molecule has 1 aromatic heterocycles. The molecule has 0 saturated heterocycles. The molecule has 2 aromatic rings. The first kappa shape index (κ1) is 24.9. The number of hydrogen-bond donors (Lipinski definition) is 4. The van der Waals surface area contributed by atoms with E-state index in [2.05, 4.69) is 56.7 Å². The summed E-state index contributed by atoms with van der Waals surface area (Å²) in [6.07, 6.45) is 6.39. The van der Waals surface area contributed by atoms with Crippen LogP contribution in [0.1, 0.15) is 37.3 Å². The molecule has 0 radical (unpaired) electrons. The van der Waals surface area contributed by atoms with Crippen LogP contribution in [0.2, 0.25) is 0 Å². The maximum atomic E-state index is 12.1. The Balaban J connectivity index is 0.00000320. The number of aromatic amines is 1. The fraction of sp³-hybridized carbons (Fsp3) is 0.571. The molecule has 0 atom stereocenters. The van der Waals surface area contributed by atoms with Gasteiger partial charge in [-0.2, -0.15) is 0 Å². The highest BCUT2D eigenvalue weighted by Gasteiger charge is 2.19. The molecule has 0 bridgehead atoms. The Morgan fingerprint density at radius 1 is 1.27 bits per heavy atom. The molecule has 1 fully saturated rings. The van der Waals surface area contributed by atoms with Crippen molar-refractivity contribution in [1.82, 2.24) is 20.3 Å². The molecule has 7 nitrogen and oxygen atoms in total. The highest BCUT2D eigenvalue weighted by atomic mass is 127. The van der Waals surface area contributed by atoms with Crippen LogP contribution in [0.25, 0.3) is 10.9 Å². The van der Waals surface area contributed by atoms with Crippen LogP contribution >= 0.6 is 24.0 Å². The van der Waals surface area contributed by atoms with Gasteiger partial charge in [-0.15, -0.1) is 24.0 Å². The van der Waals surface area contributed by atoms with Crippen LogP contribution in [-0.2, 0) is 16.4 Å². The lowest BCUT2D eigenvalue weighted by molar-refractivity contribution is 0.316. The molecule has 1 aliphatic carbocycles. The van der Waals surface area contributed by atoms with Gasteiger partial charge < -0.3 is 15.6 Å². The van der Waals surface area contributed by atoms with Crippen molar-refractivity contribution in [3.8, 4) is 0 Å². The third-order valence-corrected chi connectivity index (χ3v) is 6.81. The summed E-state index contributed by atoms with van der Waals surface area (Å²) >= 11 is 0. The number of benzene rings is 1. The number of H-pyrrole nitrogens is 1. The third kappa shape index (κ3) is 7.12. The van der Waals surface area contributed by atoms with E-state index in [1.54, 1.807) is 0 Å². The first-order chi connectivity index (χ1) is 14.0. The number of aryl methyl sites for hydroxylation is 1. The monoisotopic (exact) mass is 547 g/mol. The molecule has 9 heteroatoms. The summed E-state index contributed by atoms with van der Waals surface area (Å²) < 4.78 is 26.9. The Morgan fingerprint density at radius 3 is 2.77 bits per heavy atom. The van der Waals surface area contributed by atoms with Crippen LogP contribution in [0.4, 0.5) is 0 Å². The topological polar surface area (TPSA) is 98.4 Å². The van der Waals surface area contributed by atoms with Crippen molar-refractivity contribution in [1.29, 1.82) is 0 Å². The normalized spacial score (nSPS) is 14.9. The van der Waals surface area contributed by atoms with Crippen molar-refractivity contribution in [3.05, 3.63) is 35.5 Å². The first-order valence-corrected chi connectivity index (χ1v) is 12.2. The zero-order chi connectivity index (χ0) is 20.7. The lowest BCUT2D eigenvalue weighted by Gasteiger charge is -2.25. The van der Waals surface area contributed by atoms with E-state index in [0.717, 1.165) is 32.4 Å². The molecular formula is C21H34IN5O2S. The van der Waals surface area contributed by atoms with Crippen LogP contribution in [-0.4, -0.2) is 51.3 Å². The minimum atomic E-state index is -3.26. The fourth-order valence-electron chi connectivity index (χ4n) is 3.52. The summed E-state index contributed by atoms with van der Waals surface area (Å²) in [5.41, 5.74) is 3.68. The van der Waals surface area contributed by atoms with E-state index >= 15 is 0 Å². The molecule has 1 saturated carbocycles. The molecule has 1 aromatic carbocycles. The fourth-order valence-corrected chi connectivity index (χ4v) is 4.49. The van der Waals surface area contributed by atoms with Gasteiger partial charge in [0.1, 0.15) is 0 Å². The molecule has 1 heterocycles. The van der Waals surface area contributed by atoms with Crippen molar-refractivity contribution in [2.45, 2.75) is 39.5 Å². The lowest BCUT2D eigenvalue weighted by atomic mass is 9.86. The van der Waals surface area contributed by atoms with E-state index in [1.807, 2.05) is 6.92 Å². The predicted octanol–water partition coefficient (Wildman–Crippen LogP) is 2.91. The minimum absolute atomic E-state index is 0. The number of aliphatic imine (C=N–C) groups is 1. The van der Waals surface area contributed by atoms with E-state index in [9.17, 15) is 8.42 Å². The van der Waals surface area contributed by atoms with E-state index in [-0.39, 0.29) is 36.3 Å². The number of nitrogens with one attached hydrogen (secondary N) is 4. The number of rotatable bonds is 10. The maximum absolute atomic E-state index is 12.1. The highest BCUT2D eigenvalue weighted by Crippen LogP contribution is 2.25. The summed E-state index contributed by atoms with van der Waals surface area (Å²) in [4.78, 5) is 7.77. The van der Waals surface area contributed by atoms with E-state index in [1.165, 1.54) is 28.5 Å². The second kappa shape index (κ2) is 11.9. The lowest BCUT2D eigenvalue weighted by Crippen LogP contribution is -2.39. The maximum Gasteiger partial charge on any atom is 0.213 e. The third-order valence-electron chi connectivity index (χ3n) is 5.49. The second-order valence-electron chi connectivity index (χ2n) is 7.71. The molecular weight excluding hydrogens is 513 g/mol. The number of para-hydroxylation sites is 1. The standard InChI is InChI=1S/C21H33N5O2S.HI/c1-3-22-21(24-12-13-29(27,28)26-14-17-7-5-8-17)23-11-10-18-15-25-20-16(2)6-4-9-19(18)20;/h4,6,9,15,17,25-26H,3,5,7-8,10-14H2,1-2H3,(H2,22,23,24);1H. The minimum Gasteiger partial charge on any atom is -0.361 e. The quantitative estimate of drug-likeness (QED) is 0.209. The van der Waals surface area contributed by atoms with Gasteiger partial charge in [-0.05, 0) is 50.2 Å². The SMILES string of the molecule is CCNC(=NCCS(=O)(=O)NCC1CCC1)NCCc1c[nH]c2c(C)cccc12.I. The zero-order valence-electron chi connectivity index (χ0n) is 17.8. The molecule has 0 unspecified atom stereocenters. The first-order valence-electron chi connectivity index (χ1n) is 10.5. The average Bonchev–Trinajstić information content (AvgIpc) is 3.05. The van der Waals surface area contributed by atoms with Crippen molar-refractivity contribution < 1.29 is 8.42 Å². The van der Waals surface area contributed by atoms with E-state index in [0.29, 0.717) is 18.4 Å². The van der Waals surface area contributed by atoms with Crippen molar-refractivity contribution in [3.63, 3.8) is 0 Å². The van der Waals surface area contributed by atoms with Crippen LogP contribution in [0.5, 0.6) is 0 Å². The Labute approximate surface area is 197 Å². The molecule has 30 heavy (non-hydrogen) atoms. The Kier molecular flexibility index (Phi) is 9.89. The largest absolute Gasteiger partial charge is 0.361 e. The Morgan fingerprint density at radius 2 is 2.07 bits per heavy atom. The van der Waals surface area contributed by atoms with Crippen molar-refractivity contribution in [2.24, 2.45) is 10.9 Å². The Bertz CT molecular complexity index is 938. The van der Waals surface area contributed by atoms with Gasteiger partial charge in [-0.1, -0.05) is 24.6 Å². The highest BCUT2D eigenvalue weighted by molar-refractivity contribution is 14.0. The summed E-state index contributed by atoms with van der Waals surface area (Å²) in [6, 6.07) is 6.31. The molecule has 168 valence electrons. The number of halogens is 1. The second-order valence-corrected chi connectivity index (χ2v) is 9.64. The van der Waals surface area contributed by atoms with Crippen LogP contribution < -0.4 is 15.4 Å². The van der Waals surface area contributed by atoms with Gasteiger partial charge in [-0.25, -0.2) is 13.1 Å². The smallest absolute Gasteiger partial charge is 0.213 e. The summed E-state index contributed by atoms with van der Waals surface area (Å²) in [5, 5.41) is 7.73. The van der Waals surface area contributed by atoms with Gasteiger partial charge in [0.25, 0.3) is 0 Å². The Hall–Kier alpha value is -1.33. The number of nitrogens with zero attached hydrogens (tertiary/aromatic N) is 1. The van der Waals surface area contributed by atoms with Crippen LogP contribution in [0, 0.1) is 12.8 Å². The van der Waals surface area contributed by atoms with Gasteiger partial charge in [0.05, 0.1) is 12.3 Å². The number of sulfonamides is 1. The summed E-state index contributed by atoms with van der Waals surface area (Å²) in [5.74, 6) is 1.18. The molecule has 4 N–H and O–H groups in total. The summed E-state index contributed by atoms with van der Waals surface area (Å²) in [6.45, 7) is 6.35. The number of guanidine groups is 1. The van der Waals surface area contributed by atoms with Gasteiger partial charge in [0, 0.05) is 36.7 Å². The zero-order valence-corrected chi connectivity index (χ0v) is 21.0. The van der Waals surface area contributed by atoms with Crippen LogP contribution in [0.15, 0.2) is 29.4 Å². The number of aromatic nitrogens is 1. The summed E-state index contributed by atoms with van der Waals surface area (Å²) in [7, 11) is -3.26. The van der Waals surface area contributed by atoms with E-state index < -0.39 is 10.0 Å². The van der Waals surface area contributed by atoms with Crippen molar-refractivity contribution >= 4 is 50.9 Å². The number of fused-ring (bicyclic) bond motifs is 1. The van der Waals surface area contributed by atoms with Crippen LogP contribution in [0.3, 0.4) is 0 Å². The number of hydrogen-bond acceptors (Lipinski definition) is 3. The molecule has 0 amide bonds. The average molecular weight is 548 g/mol. The van der Waals surface area contributed by atoms with Gasteiger partial charge >= 0.3 is 0 Å². The van der Waals surface area contributed by atoms with Gasteiger partial charge in [0.15, 0.2) is 5.96 Å². The van der Waals surface area contributed by atoms with Gasteiger partial charge in [-0.3, -0.25) is 4.99 Å². The molecule has 3 rings (SSSR count).